The summed E-state index contributed by atoms with van der Waals surface area (Å²) in [6, 6.07) is 4.76. The van der Waals surface area contributed by atoms with Gasteiger partial charge < -0.3 is 19.9 Å². The first kappa shape index (κ1) is 23.5. The molecule has 0 aliphatic heterocycles. The van der Waals surface area contributed by atoms with Crippen molar-refractivity contribution in [1.82, 2.24) is 14.9 Å². The molecule has 1 aliphatic carbocycles. The Morgan fingerprint density at radius 2 is 1.91 bits per heavy atom. The second-order valence-corrected chi connectivity index (χ2v) is 11.1. The van der Waals surface area contributed by atoms with Crippen molar-refractivity contribution in [3.05, 3.63) is 40.0 Å². The van der Waals surface area contributed by atoms with Crippen molar-refractivity contribution in [1.29, 1.82) is 0 Å². The first-order chi connectivity index (χ1) is 15.5. The van der Waals surface area contributed by atoms with Gasteiger partial charge in [0.05, 0.1) is 28.3 Å². The first-order valence-corrected chi connectivity index (χ1v) is 12.5. The Morgan fingerprint density at radius 1 is 1.21 bits per heavy atom. The minimum Gasteiger partial charge on any atom is -0.394 e. The fourth-order valence-electron chi connectivity index (χ4n) is 4.36. The molecule has 9 nitrogen and oxygen atoms in total. The molecular weight excluding hydrogens is 444 g/mol. The molecule has 0 amide bonds. The van der Waals surface area contributed by atoms with Gasteiger partial charge in [-0.05, 0) is 64.3 Å². The molecule has 0 radical (unpaired) electrons. The maximum atomic E-state index is 13.5. The summed E-state index contributed by atoms with van der Waals surface area (Å²) in [5.74, 6) is 0.560. The molecule has 2 heterocycles. The zero-order chi connectivity index (χ0) is 24.0. The molecule has 3 aromatic rings. The van der Waals surface area contributed by atoms with Crippen LogP contribution in [0.4, 0.5) is 5.69 Å². The van der Waals surface area contributed by atoms with Crippen LogP contribution < -0.4 is 15.6 Å². The van der Waals surface area contributed by atoms with Crippen molar-refractivity contribution < 1.29 is 18.0 Å². The van der Waals surface area contributed by atoms with E-state index < -0.39 is 21.1 Å². The van der Waals surface area contributed by atoms with Crippen LogP contribution in [-0.2, 0) is 10.0 Å². The monoisotopic (exact) mass is 474 g/mol. The number of aryl methyl sites for hydroxylation is 2. The van der Waals surface area contributed by atoms with Crippen LogP contribution in [0, 0.1) is 13.8 Å². The summed E-state index contributed by atoms with van der Waals surface area (Å²) in [5, 5.41) is 17.0. The van der Waals surface area contributed by atoms with E-state index in [1.54, 1.807) is 39.8 Å². The lowest BCUT2D eigenvalue weighted by Crippen LogP contribution is -2.37. The van der Waals surface area contributed by atoms with Gasteiger partial charge in [-0.1, -0.05) is 18.0 Å². The number of aliphatic hydroxyl groups is 1. The van der Waals surface area contributed by atoms with Crippen LogP contribution in [0.1, 0.15) is 51.0 Å². The van der Waals surface area contributed by atoms with Gasteiger partial charge in [-0.2, -0.15) is 0 Å². The second kappa shape index (κ2) is 8.58. The highest BCUT2D eigenvalue weighted by Crippen LogP contribution is 2.34. The van der Waals surface area contributed by atoms with Crippen LogP contribution in [0.2, 0.25) is 0 Å². The van der Waals surface area contributed by atoms with Crippen molar-refractivity contribution in [3.63, 3.8) is 0 Å². The molecule has 0 atom stereocenters. The average molecular weight is 475 g/mol. The lowest BCUT2D eigenvalue weighted by atomic mass is 10.0. The molecule has 178 valence electrons. The van der Waals surface area contributed by atoms with E-state index in [1.807, 2.05) is 0 Å². The lowest BCUT2D eigenvalue weighted by Gasteiger charge is -2.24. The number of aromatic amines is 1. The predicted molar refractivity (Wildman–Crippen MR) is 127 cm³/mol. The molecule has 4 rings (SSSR count). The summed E-state index contributed by atoms with van der Waals surface area (Å²) < 4.78 is 35.2. The smallest absolute Gasteiger partial charge is 0.271 e. The van der Waals surface area contributed by atoms with Gasteiger partial charge in [-0.3, -0.25) is 4.79 Å². The number of hydrogen-bond donors (Lipinski definition) is 4. The normalized spacial score (nSPS) is 15.4. The van der Waals surface area contributed by atoms with E-state index in [1.165, 1.54) is 6.07 Å². The maximum absolute atomic E-state index is 13.5. The fraction of sp³-hybridized carbons (Fsp3) is 0.478. The van der Waals surface area contributed by atoms with Crippen LogP contribution in [0.25, 0.3) is 22.0 Å². The Labute approximate surface area is 192 Å². The third-order valence-corrected chi connectivity index (χ3v) is 7.64. The largest absolute Gasteiger partial charge is 0.394 e. The van der Waals surface area contributed by atoms with Crippen molar-refractivity contribution in [2.45, 2.75) is 69.9 Å². The number of fused-ring (bicyclic) bond motifs is 1. The lowest BCUT2D eigenvalue weighted by molar-refractivity contribution is 0.234. The summed E-state index contributed by atoms with van der Waals surface area (Å²) in [6.07, 6.45) is 3.58. The molecule has 0 spiro atoms. The highest BCUT2D eigenvalue weighted by Gasteiger charge is 2.27. The van der Waals surface area contributed by atoms with Gasteiger partial charge in [-0.15, -0.1) is 0 Å². The number of rotatable bonds is 7. The number of anilines is 1. The molecule has 1 fully saturated rings. The minimum atomic E-state index is -3.89. The van der Waals surface area contributed by atoms with Crippen molar-refractivity contribution in [3.8, 4) is 11.1 Å². The number of nitrogens with zero attached hydrogens (tertiary/aromatic N) is 1. The fourth-order valence-corrected chi connectivity index (χ4v) is 5.91. The summed E-state index contributed by atoms with van der Waals surface area (Å²) in [6.45, 7) is 6.84. The van der Waals surface area contributed by atoms with E-state index in [4.69, 9.17) is 4.52 Å². The molecule has 0 saturated heterocycles. The molecule has 10 heteroatoms. The zero-order valence-corrected chi connectivity index (χ0v) is 20.1. The Balaban J connectivity index is 1.95. The van der Waals surface area contributed by atoms with Crippen LogP contribution in [0.3, 0.4) is 0 Å². The van der Waals surface area contributed by atoms with Gasteiger partial charge >= 0.3 is 0 Å². The minimum absolute atomic E-state index is 0.0722. The highest BCUT2D eigenvalue weighted by atomic mass is 32.2. The number of pyridine rings is 1. The maximum Gasteiger partial charge on any atom is 0.271 e. The van der Waals surface area contributed by atoms with Crippen LogP contribution in [0.5, 0.6) is 0 Å². The summed E-state index contributed by atoms with van der Waals surface area (Å²) in [5.41, 5.74) is 1.31. The van der Waals surface area contributed by atoms with Gasteiger partial charge in [0, 0.05) is 17.0 Å². The Hall–Kier alpha value is -2.69. The SMILES string of the molecule is Cc1noc(C)c1-c1cc(S(=O)(=O)NC2CCCC2)c2cc(NC(C)(C)CO)c(=O)[nH]c2c1. The Bertz CT molecular complexity index is 1330. The quantitative estimate of drug-likeness (QED) is 0.413. The molecule has 2 aromatic heterocycles. The van der Waals surface area contributed by atoms with E-state index in [9.17, 15) is 18.3 Å². The third-order valence-electron chi connectivity index (χ3n) is 6.08. The molecule has 0 unspecified atom stereocenters. The van der Waals surface area contributed by atoms with Crippen molar-refractivity contribution in [2.75, 3.05) is 11.9 Å². The molecule has 4 N–H and O–H groups in total. The van der Waals surface area contributed by atoms with Crippen LogP contribution in [-0.4, -0.2) is 41.9 Å². The number of aromatic nitrogens is 2. The molecule has 33 heavy (non-hydrogen) atoms. The number of sulfonamides is 1. The number of H-pyrrole nitrogens is 1. The number of aliphatic hydroxyl groups excluding tert-OH is 1. The van der Waals surface area contributed by atoms with E-state index in [0.29, 0.717) is 33.5 Å². The van der Waals surface area contributed by atoms with E-state index >= 15 is 0 Å². The number of nitrogens with one attached hydrogen (secondary N) is 3. The average Bonchev–Trinajstić information content (AvgIpc) is 3.36. The zero-order valence-electron chi connectivity index (χ0n) is 19.3. The van der Waals surface area contributed by atoms with Crippen LogP contribution >= 0.6 is 0 Å². The van der Waals surface area contributed by atoms with Crippen molar-refractivity contribution in [2.24, 2.45) is 0 Å². The summed E-state index contributed by atoms with van der Waals surface area (Å²) in [7, 11) is -3.89. The van der Waals surface area contributed by atoms with Gasteiger partial charge in [0.1, 0.15) is 11.4 Å². The number of hydrogen-bond acceptors (Lipinski definition) is 7. The predicted octanol–water partition coefficient (Wildman–Crippen LogP) is 3.20. The third kappa shape index (κ3) is 4.68. The Kier molecular flexibility index (Phi) is 6.10. The van der Waals surface area contributed by atoms with Crippen LogP contribution in [0.15, 0.2) is 32.4 Å². The standard InChI is InChI=1S/C23H30N4O5S/c1-13-21(14(2)32-26-13)15-9-18-17(11-19(22(29)24-18)25-23(3,4)12-28)20(10-15)33(30,31)27-16-7-5-6-8-16/h9-11,16,25,27-28H,5-8,12H2,1-4H3,(H,24,29). The Morgan fingerprint density at radius 3 is 2.52 bits per heavy atom. The first-order valence-electron chi connectivity index (χ1n) is 11.1. The number of benzene rings is 1. The van der Waals surface area contributed by atoms with E-state index in [2.05, 4.69) is 20.2 Å². The highest BCUT2D eigenvalue weighted by molar-refractivity contribution is 7.89. The van der Waals surface area contributed by atoms with E-state index in [-0.39, 0.29) is 23.2 Å². The molecule has 1 aliphatic rings. The second-order valence-electron chi connectivity index (χ2n) is 9.42. The molecular formula is C23H30N4O5S. The molecule has 1 aromatic carbocycles. The topological polar surface area (TPSA) is 137 Å². The van der Waals surface area contributed by atoms with Gasteiger partial charge in [-0.25, -0.2) is 13.1 Å². The van der Waals surface area contributed by atoms with Crippen molar-refractivity contribution >= 4 is 26.6 Å². The van der Waals surface area contributed by atoms with Gasteiger partial charge in [0.15, 0.2) is 0 Å². The van der Waals surface area contributed by atoms with E-state index in [0.717, 1.165) is 25.7 Å². The molecule has 0 bridgehead atoms. The summed E-state index contributed by atoms with van der Waals surface area (Å²) >= 11 is 0. The van der Waals surface area contributed by atoms with Gasteiger partial charge in [0.2, 0.25) is 10.0 Å². The summed E-state index contributed by atoms with van der Waals surface area (Å²) in [4.78, 5) is 15.7. The molecule has 1 saturated carbocycles. The van der Waals surface area contributed by atoms with Gasteiger partial charge in [0.25, 0.3) is 5.56 Å².